The number of aromatic nitrogens is 3. The van der Waals surface area contributed by atoms with Crippen molar-refractivity contribution in [3.8, 4) is 0 Å². The lowest BCUT2D eigenvalue weighted by Gasteiger charge is -2.16. The molecule has 5 nitrogen and oxygen atoms in total. The van der Waals surface area contributed by atoms with Gasteiger partial charge in [0.05, 0.1) is 5.54 Å². The van der Waals surface area contributed by atoms with Crippen LogP contribution < -0.4 is 5.73 Å². The molecule has 0 bridgehead atoms. The number of pyridine rings is 1. The van der Waals surface area contributed by atoms with Gasteiger partial charge in [0.15, 0.2) is 5.82 Å². The van der Waals surface area contributed by atoms with E-state index in [-0.39, 0.29) is 0 Å². The monoisotopic (exact) mass is 232 g/mol. The molecule has 0 aliphatic heterocycles. The Hall–Kier alpha value is -1.75. The summed E-state index contributed by atoms with van der Waals surface area (Å²) < 4.78 is 5.19. The zero-order valence-electron chi connectivity index (χ0n) is 10.1. The average Bonchev–Trinajstić information content (AvgIpc) is 2.80. The summed E-state index contributed by atoms with van der Waals surface area (Å²) >= 11 is 0. The Bertz CT molecular complexity index is 478. The molecule has 17 heavy (non-hydrogen) atoms. The maximum absolute atomic E-state index is 6.04. The molecule has 0 radical (unpaired) electrons. The summed E-state index contributed by atoms with van der Waals surface area (Å²) in [5.74, 6) is 1.14. The van der Waals surface area contributed by atoms with Crippen LogP contribution in [0.4, 0.5) is 0 Å². The van der Waals surface area contributed by atoms with Crippen LogP contribution in [-0.2, 0) is 12.0 Å². The minimum absolute atomic E-state index is 0.490. The highest BCUT2D eigenvalue weighted by Crippen LogP contribution is 2.19. The van der Waals surface area contributed by atoms with E-state index in [1.165, 1.54) is 0 Å². The standard InChI is InChI=1S/C12H16N4O/c1-3-12(2,13)11-15-10(16-17-11)8-9-4-6-14-7-5-9/h4-7H,3,8,13H2,1-2H3. The van der Waals surface area contributed by atoms with Crippen LogP contribution in [0.25, 0.3) is 0 Å². The van der Waals surface area contributed by atoms with Gasteiger partial charge >= 0.3 is 0 Å². The van der Waals surface area contributed by atoms with Crippen LogP contribution in [0.1, 0.15) is 37.5 Å². The van der Waals surface area contributed by atoms with Gasteiger partial charge in [0.25, 0.3) is 0 Å². The first-order valence-electron chi connectivity index (χ1n) is 5.62. The van der Waals surface area contributed by atoms with Crippen LogP contribution in [0, 0.1) is 0 Å². The van der Waals surface area contributed by atoms with Crippen LogP contribution in [-0.4, -0.2) is 15.1 Å². The zero-order valence-corrected chi connectivity index (χ0v) is 10.1. The summed E-state index contributed by atoms with van der Waals surface area (Å²) in [6.45, 7) is 3.88. The molecule has 0 aliphatic rings. The van der Waals surface area contributed by atoms with E-state index in [9.17, 15) is 0 Å². The van der Waals surface area contributed by atoms with Gasteiger partial charge in [0.1, 0.15) is 0 Å². The van der Waals surface area contributed by atoms with Crippen molar-refractivity contribution in [2.24, 2.45) is 5.73 Å². The van der Waals surface area contributed by atoms with Gasteiger partial charge in [-0.15, -0.1) is 0 Å². The van der Waals surface area contributed by atoms with Gasteiger partial charge in [-0.05, 0) is 31.0 Å². The highest BCUT2D eigenvalue weighted by Gasteiger charge is 2.25. The second kappa shape index (κ2) is 4.63. The van der Waals surface area contributed by atoms with E-state index < -0.39 is 5.54 Å². The second-order valence-electron chi connectivity index (χ2n) is 4.32. The fourth-order valence-corrected chi connectivity index (χ4v) is 1.39. The summed E-state index contributed by atoms with van der Waals surface area (Å²) in [5, 5.41) is 3.94. The Balaban J connectivity index is 2.14. The van der Waals surface area contributed by atoms with Gasteiger partial charge in [-0.1, -0.05) is 12.1 Å². The maximum atomic E-state index is 6.04. The Morgan fingerprint density at radius 1 is 1.35 bits per heavy atom. The Morgan fingerprint density at radius 3 is 2.71 bits per heavy atom. The SMILES string of the molecule is CCC(C)(N)c1nc(Cc2ccncc2)no1. The lowest BCUT2D eigenvalue weighted by molar-refractivity contribution is 0.290. The van der Waals surface area contributed by atoms with E-state index in [2.05, 4.69) is 15.1 Å². The van der Waals surface area contributed by atoms with Gasteiger partial charge in [0, 0.05) is 18.8 Å². The molecule has 90 valence electrons. The van der Waals surface area contributed by atoms with Crippen LogP contribution in [0.3, 0.4) is 0 Å². The number of rotatable bonds is 4. The largest absolute Gasteiger partial charge is 0.337 e. The highest BCUT2D eigenvalue weighted by atomic mass is 16.5. The van der Waals surface area contributed by atoms with Crippen molar-refractivity contribution in [2.45, 2.75) is 32.2 Å². The Kier molecular flexibility index (Phi) is 3.19. The van der Waals surface area contributed by atoms with E-state index in [0.717, 1.165) is 12.0 Å². The topological polar surface area (TPSA) is 77.8 Å². The molecule has 2 rings (SSSR count). The molecule has 1 atom stereocenters. The molecular formula is C12H16N4O. The van der Waals surface area contributed by atoms with Gasteiger partial charge < -0.3 is 10.3 Å². The van der Waals surface area contributed by atoms with Crippen molar-refractivity contribution in [3.05, 3.63) is 41.8 Å². The first-order chi connectivity index (χ1) is 8.12. The predicted molar refractivity (Wildman–Crippen MR) is 63.2 cm³/mol. The normalized spacial score (nSPS) is 14.5. The summed E-state index contributed by atoms with van der Waals surface area (Å²) in [7, 11) is 0. The molecule has 0 amide bonds. The van der Waals surface area contributed by atoms with Gasteiger partial charge in [-0.2, -0.15) is 4.98 Å². The molecule has 2 heterocycles. The third kappa shape index (κ3) is 2.68. The molecule has 0 aliphatic carbocycles. The Morgan fingerprint density at radius 2 is 2.06 bits per heavy atom. The lowest BCUT2D eigenvalue weighted by Crippen LogP contribution is -2.32. The summed E-state index contributed by atoms with van der Waals surface area (Å²) in [6, 6.07) is 3.86. The van der Waals surface area contributed by atoms with Crippen LogP contribution >= 0.6 is 0 Å². The molecule has 0 spiro atoms. The van der Waals surface area contributed by atoms with Crippen molar-refractivity contribution in [1.29, 1.82) is 0 Å². The van der Waals surface area contributed by atoms with E-state index in [4.69, 9.17) is 10.3 Å². The van der Waals surface area contributed by atoms with E-state index >= 15 is 0 Å². The third-order valence-electron chi connectivity index (χ3n) is 2.80. The van der Waals surface area contributed by atoms with Gasteiger partial charge in [0.2, 0.25) is 5.89 Å². The molecule has 0 fully saturated rings. The van der Waals surface area contributed by atoms with E-state index in [1.807, 2.05) is 26.0 Å². The first kappa shape index (κ1) is 11.7. The zero-order chi connectivity index (χ0) is 12.3. The predicted octanol–water partition coefficient (Wildman–Crippen LogP) is 1.64. The molecule has 1 unspecified atom stereocenters. The van der Waals surface area contributed by atoms with Gasteiger partial charge in [-0.3, -0.25) is 4.98 Å². The molecule has 0 saturated carbocycles. The van der Waals surface area contributed by atoms with E-state index in [1.54, 1.807) is 12.4 Å². The van der Waals surface area contributed by atoms with Crippen LogP contribution in [0.5, 0.6) is 0 Å². The van der Waals surface area contributed by atoms with Crippen molar-refractivity contribution < 1.29 is 4.52 Å². The van der Waals surface area contributed by atoms with Crippen molar-refractivity contribution >= 4 is 0 Å². The minimum atomic E-state index is -0.552. The molecule has 2 N–H and O–H groups in total. The number of nitrogens with two attached hydrogens (primary N) is 1. The molecular weight excluding hydrogens is 216 g/mol. The highest BCUT2D eigenvalue weighted by molar-refractivity contribution is 5.15. The smallest absolute Gasteiger partial charge is 0.246 e. The fraction of sp³-hybridized carbons (Fsp3) is 0.417. The summed E-state index contributed by atoms with van der Waals surface area (Å²) in [5.41, 5.74) is 6.59. The van der Waals surface area contributed by atoms with Crippen molar-refractivity contribution in [2.75, 3.05) is 0 Å². The first-order valence-corrected chi connectivity index (χ1v) is 5.62. The minimum Gasteiger partial charge on any atom is -0.337 e. The van der Waals surface area contributed by atoms with Crippen molar-refractivity contribution in [1.82, 2.24) is 15.1 Å². The number of nitrogens with zero attached hydrogens (tertiary/aromatic N) is 3. The quantitative estimate of drug-likeness (QED) is 0.867. The molecule has 0 saturated heterocycles. The lowest BCUT2D eigenvalue weighted by atomic mass is 10.0. The third-order valence-corrected chi connectivity index (χ3v) is 2.80. The number of hydrogen-bond acceptors (Lipinski definition) is 5. The fourth-order valence-electron chi connectivity index (χ4n) is 1.39. The summed E-state index contributed by atoms with van der Waals surface area (Å²) in [4.78, 5) is 8.29. The summed E-state index contributed by atoms with van der Waals surface area (Å²) in [6.07, 6.45) is 4.88. The molecule has 0 aromatic carbocycles. The van der Waals surface area contributed by atoms with Crippen LogP contribution in [0.2, 0.25) is 0 Å². The maximum Gasteiger partial charge on any atom is 0.246 e. The Labute approximate surface area is 100 Å². The molecule has 2 aromatic rings. The molecule has 5 heteroatoms. The second-order valence-corrected chi connectivity index (χ2v) is 4.32. The average molecular weight is 232 g/mol. The van der Waals surface area contributed by atoms with Crippen LogP contribution in [0.15, 0.2) is 29.0 Å². The van der Waals surface area contributed by atoms with E-state index in [0.29, 0.717) is 18.1 Å². The number of hydrogen-bond donors (Lipinski definition) is 1. The molecule has 2 aromatic heterocycles. The van der Waals surface area contributed by atoms with Gasteiger partial charge in [-0.25, -0.2) is 0 Å². The van der Waals surface area contributed by atoms with Crippen molar-refractivity contribution in [3.63, 3.8) is 0 Å².